The summed E-state index contributed by atoms with van der Waals surface area (Å²) in [5, 5.41) is 25.8. The normalized spacial score (nSPS) is 10.3. The number of nitro groups is 1. The molecule has 2 rings (SSSR count). The molecule has 0 fully saturated rings. The number of nitro benzene ring substituents is 1. The first kappa shape index (κ1) is 14.4. The lowest BCUT2D eigenvalue weighted by Crippen LogP contribution is -2.10. The zero-order chi connectivity index (χ0) is 15.4. The van der Waals surface area contributed by atoms with Gasteiger partial charge in [-0.25, -0.2) is 9.18 Å². The van der Waals surface area contributed by atoms with Gasteiger partial charge >= 0.3 is 5.97 Å². The molecule has 0 aliphatic carbocycles. The molecule has 1 aromatic heterocycles. The number of aromatic carboxylic acids is 1. The van der Waals surface area contributed by atoms with Gasteiger partial charge in [-0.2, -0.15) is 4.98 Å². The average Bonchev–Trinajstić information content (AvgIpc) is 2.92. The van der Waals surface area contributed by atoms with Crippen molar-refractivity contribution >= 4 is 17.3 Å². The number of halogens is 1. The van der Waals surface area contributed by atoms with Crippen LogP contribution in [0, 0.1) is 15.9 Å². The van der Waals surface area contributed by atoms with Crippen LogP contribution in [0.4, 0.5) is 15.8 Å². The largest absolute Gasteiger partial charge is 0.477 e. The van der Waals surface area contributed by atoms with E-state index in [1.807, 2.05) is 0 Å². The minimum absolute atomic E-state index is 0.151. The Hall–Kier alpha value is -3.04. The van der Waals surface area contributed by atoms with Gasteiger partial charge in [-0.05, 0) is 6.07 Å². The average molecular weight is 296 g/mol. The number of carboxylic acids is 1. The molecule has 9 nitrogen and oxygen atoms in total. The predicted molar refractivity (Wildman–Crippen MR) is 66.5 cm³/mol. The van der Waals surface area contributed by atoms with E-state index in [-0.39, 0.29) is 12.2 Å². The first-order valence-electron chi connectivity index (χ1n) is 5.69. The highest BCUT2D eigenvalue weighted by atomic mass is 19.1. The van der Waals surface area contributed by atoms with E-state index in [0.717, 1.165) is 12.5 Å². The number of carboxylic acid groups (broad SMARTS) is 1. The summed E-state index contributed by atoms with van der Waals surface area (Å²) in [6.45, 7) is 0.202. The zero-order valence-electron chi connectivity index (χ0n) is 10.4. The lowest BCUT2D eigenvalue weighted by atomic mass is 10.1. The summed E-state index contributed by atoms with van der Waals surface area (Å²) >= 11 is 0. The minimum atomic E-state index is -1.51. The molecule has 0 radical (unpaired) electrons. The second kappa shape index (κ2) is 5.94. The molecule has 110 valence electrons. The summed E-state index contributed by atoms with van der Waals surface area (Å²) in [5.41, 5.74) is -1.55. The summed E-state index contributed by atoms with van der Waals surface area (Å²) in [6, 6.07) is 1.45. The molecular formula is C11H9FN4O5. The topological polar surface area (TPSA) is 131 Å². The van der Waals surface area contributed by atoms with Crippen LogP contribution in [0.3, 0.4) is 0 Å². The summed E-state index contributed by atoms with van der Waals surface area (Å²) < 4.78 is 18.2. The van der Waals surface area contributed by atoms with Gasteiger partial charge in [-0.3, -0.25) is 10.1 Å². The van der Waals surface area contributed by atoms with Crippen molar-refractivity contribution in [3.05, 3.63) is 45.8 Å². The van der Waals surface area contributed by atoms with E-state index in [9.17, 15) is 19.3 Å². The smallest absolute Gasteiger partial charge is 0.342 e. The van der Waals surface area contributed by atoms with Gasteiger partial charge in [0.15, 0.2) is 11.6 Å². The van der Waals surface area contributed by atoms with E-state index in [2.05, 4.69) is 20.0 Å². The number of nitrogens with one attached hydrogen (secondary N) is 1. The molecule has 0 spiro atoms. The Kier molecular flexibility index (Phi) is 4.07. The molecule has 0 aliphatic heterocycles. The summed E-state index contributed by atoms with van der Waals surface area (Å²) in [5.74, 6) is -2.04. The molecule has 1 heterocycles. The Bertz CT molecular complexity index is 674. The molecule has 0 saturated carbocycles. The third-order valence-electron chi connectivity index (χ3n) is 2.58. The Balaban J connectivity index is 2.17. The molecule has 10 heteroatoms. The van der Waals surface area contributed by atoms with Crippen LogP contribution in [0.25, 0.3) is 0 Å². The monoisotopic (exact) mass is 296 g/mol. The molecular weight excluding hydrogens is 287 g/mol. The van der Waals surface area contributed by atoms with Crippen LogP contribution >= 0.6 is 0 Å². The fourth-order valence-electron chi connectivity index (χ4n) is 1.63. The van der Waals surface area contributed by atoms with Crippen molar-refractivity contribution in [1.82, 2.24) is 10.1 Å². The van der Waals surface area contributed by atoms with Gasteiger partial charge in [0, 0.05) is 13.0 Å². The Morgan fingerprint density at radius 1 is 1.52 bits per heavy atom. The number of carbonyl (C=O) groups is 1. The fraction of sp³-hybridized carbons (Fsp3) is 0.182. The van der Waals surface area contributed by atoms with Gasteiger partial charge in [-0.1, -0.05) is 5.16 Å². The van der Waals surface area contributed by atoms with Crippen molar-refractivity contribution in [2.45, 2.75) is 6.42 Å². The number of nitrogens with zero attached hydrogens (tertiary/aromatic N) is 3. The van der Waals surface area contributed by atoms with Crippen molar-refractivity contribution in [3.8, 4) is 0 Å². The fourth-order valence-corrected chi connectivity index (χ4v) is 1.63. The van der Waals surface area contributed by atoms with Crippen molar-refractivity contribution in [1.29, 1.82) is 0 Å². The number of benzene rings is 1. The molecule has 0 unspecified atom stereocenters. The van der Waals surface area contributed by atoms with Crippen LogP contribution in [0.1, 0.15) is 16.2 Å². The van der Waals surface area contributed by atoms with E-state index >= 15 is 0 Å². The van der Waals surface area contributed by atoms with Crippen molar-refractivity contribution in [3.63, 3.8) is 0 Å². The highest BCUT2D eigenvalue weighted by Gasteiger charge is 2.23. The lowest BCUT2D eigenvalue weighted by molar-refractivity contribution is -0.385. The van der Waals surface area contributed by atoms with Gasteiger partial charge < -0.3 is 14.9 Å². The standard InChI is InChI=1S/C11H9FN4O5/c12-7-4-9(16(19)20)6(11(17)18)3-8(7)13-2-1-10-14-5-21-15-10/h3-5,13H,1-2H2,(H,17,18). The van der Waals surface area contributed by atoms with Gasteiger partial charge in [-0.15, -0.1) is 0 Å². The highest BCUT2D eigenvalue weighted by molar-refractivity contribution is 5.93. The van der Waals surface area contributed by atoms with Gasteiger partial charge in [0.25, 0.3) is 5.69 Å². The Labute approximate surface area is 116 Å². The van der Waals surface area contributed by atoms with E-state index in [1.54, 1.807) is 0 Å². The SMILES string of the molecule is O=C(O)c1cc(NCCc2ncon2)c(F)cc1[N+](=O)[O-]. The summed E-state index contributed by atoms with van der Waals surface area (Å²) in [6.07, 6.45) is 1.46. The Morgan fingerprint density at radius 3 is 2.86 bits per heavy atom. The molecule has 0 bridgehead atoms. The molecule has 2 N–H and O–H groups in total. The van der Waals surface area contributed by atoms with Crippen LogP contribution in [0.5, 0.6) is 0 Å². The molecule has 1 aromatic carbocycles. The number of aromatic nitrogens is 2. The molecule has 2 aromatic rings. The van der Waals surface area contributed by atoms with Gasteiger partial charge in [0.2, 0.25) is 6.39 Å². The third-order valence-corrected chi connectivity index (χ3v) is 2.58. The van der Waals surface area contributed by atoms with Gasteiger partial charge in [0.1, 0.15) is 5.56 Å². The maximum absolute atomic E-state index is 13.7. The maximum Gasteiger partial charge on any atom is 0.342 e. The molecule has 0 atom stereocenters. The number of rotatable bonds is 6. The van der Waals surface area contributed by atoms with Crippen LogP contribution in [0.15, 0.2) is 23.0 Å². The molecule has 0 saturated heterocycles. The summed E-state index contributed by atoms with van der Waals surface area (Å²) in [7, 11) is 0. The first-order chi connectivity index (χ1) is 9.99. The maximum atomic E-state index is 13.7. The van der Waals surface area contributed by atoms with Crippen molar-refractivity contribution in [2.24, 2.45) is 0 Å². The number of anilines is 1. The van der Waals surface area contributed by atoms with Crippen molar-refractivity contribution in [2.75, 3.05) is 11.9 Å². The summed E-state index contributed by atoms with van der Waals surface area (Å²) in [4.78, 5) is 24.5. The van der Waals surface area contributed by atoms with E-state index in [0.29, 0.717) is 18.3 Å². The predicted octanol–water partition coefficient (Wildman–Crippen LogP) is 1.47. The van der Waals surface area contributed by atoms with Gasteiger partial charge in [0.05, 0.1) is 16.7 Å². The Morgan fingerprint density at radius 2 is 2.29 bits per heavy atom. The van der Waals surface area contributed by atoms with Crippen LogP contribution in [0.2, 0.25) is 0 Å². The molecule has 0 amide bonds. The van der Waals surface area contributed by atoms with Crippen LogP contribution < -0.4 is 5.32 Å². The zero-order valence-corrected chi connectivity index (χ0v) is 10.4. The van der Waals surface area contributed by atoms with Crippen LogP contribution in [-0.2, 0) is 6.42 Å². The minimum Gasteiger partial charge on any atom is -0.477 e. The second-order valence-electron chi connectivity index (χ2n) is 3.94. The van der Waals surface area contributed by atoms with Crippen molar-refractivity contribution < 1.29 is 23.7 Å². The molecule has 21 heavy (non-hydrogen) atoms. The number of hydrogen-bond donors (Lipinski definition) is 2. The van der Waals surface area contributed by atoms with E-state index in [1.165, 1.54) is 0 Å². The lowest BCUT2D eigenvalue weighted by Gasteiger charge is -2.07. The highest BCUT2D eigenvalue weighted by Crippen LogP contribution is 2.26. The third kappa shape index (κ3) is 3.29. The number of hydrogen-bond acceptors (Lipinski definition) is 7. The quantitative estimate of drug-likeness (QED) is 0.605. The molecule has 0 aliphatic rings. The van der Waals surface area contributed by atoms with E-state index < -0.39 is 28.0 Å². The first-order valence-corrected chi connectivity index (χ1v) is 5.69. The van der Waals surface area contributed by atoms with Crippen LogP contribution in [-0.4, -0.2) is 32.7 Å². The van der Waals surface area contributed by atoms with E-state index in [4.69, 9.17) is 5.11 Å². The second-order valence-corrected chi connectivity index (χ2v) is 3.94.